The van der Waals surface area contributed by atoms with Gasteiger partial charge in [0.15, 0.2) is 11.3 Å². The normalized spacial score (nSPS) is 17.0. The first kappa shape index (κ1) is 13.5. The Labute approximate surface area is 128 Å². The van der Waals surface area contributed by atoms with Gasteiger partial charge in [-0.2, -0.15) is 5.10 Å². The zero-order chi connectivity index (χ0) is 14.5. The quantitative estimate of drug-likeness (QED) is 0.880. The maximum Gasteiger partial charge on any atom is 0.169 e. The number of hydrazone groups is 1. The van der Waals surface area contributed by atoms with E-state index in [0.717, 1.165) is 17.1 Å². The molecule has 1 aliphatic heterocycles. The van der Waals surface area contributed by atoms with Gasteiger partial charge in [0.2, 0.25) is 0 Å². The molecule has 0 bridgehead atoms. The summed E-state index contributed by atoms with van der Waals surface area (Å²) in [5.41, 5.74) is 5.24. The molecule has 0 amide bonds. The van der Waals surface area contributed by atoms with Crippen LogP contribution in [-0.2, 0) is 0 Å². The van der Waals surface area contributed by atoms with Gasteiger partial charge in [-0.1, -0.05) is 24.1 Å². The minimum absolute atomic E-state index is 0.00776. The van der Waals surface area contributed by atoms with Gasteiger partial charge in [0, 0.05) is 23.6 Å². The molecule has 1 atom stereocenters. The van der Waals surface area contributed by atoms with Crippen LogP contribution >= 0.6 is 11.8 Å². The number of benzene rings is 1. The second-order valence-corrected chi connectivity index (χ2v) is 5.44. The van der Waals surface area contributed by atoms with Crippen LogP contribution in [0.1, 0.15) is 5.56 Å². The second kappa shape index (κ2) is 6.33. The number of hydrogen-bond donors (Lipinski definition) is 1. The molecule has 1 aromatic heterocycles. The Bertz CT molecular complexity index is 664. The molecule has 0 saturated carbocycles. The summed E-state index contributed by atoms with van der Waals surface area (Å²) < 4.78 is 0. The molecule has 0 aliphatic carbocycles. The fourth-order valence-electron chi connectivity index (χ4n) is 2.13. The summed E-state index contributed by atoms with van der Waals surface area (Å²) in [6, 6.07) is 14.1. The van der Waals surface area contributed by atoms with Crippen molar-refractivity contribution >= 4 is 23.3 Å². The number of para-hydroxylation sites is 1. The molecule has 2 aromatic rings. The monoisotopic (exact) mass is 294 g/mol. The molecule has 21 heavy (non-hydrogen) atoms. The molecule has 3 rings (SSSR count). The average molecular weight is 294 g/mol. The Morgan fingerprint density at radius 2 is 1.95 bits per heavy atom. The molecule has 4 nitrogen and oxygen atoms in total. The molecular weight excluding hydrogens is 280 g/mol. The lowest BCUT2D eigenvalue weighted by molar-refractivity contribution is 0.757. The maximum absolute atomic E-state index is 5.37. The lowest BCUT2D eigenvalue weighted by Crippen LogP contribution is -2.38. The molecule has 0 fully saturated rings. The highest BCUT2D eigenvalue weighted by atomic mass is 32.2. The third kappa shape index (κ3) is 2.86. The molecule has 5 heteroatoms. The van der Waals surface area contributed by atoms with E-state index in [4.69, 9.17) is 6.42 Å². The first-order valence-corrected chi connectivity index (χ1v) is 7.58. The van der Waals surface area contributed by atoms with Crippen molar-refractivity contribution in [3.8, 4) is 12.3 Å². The zero-order valence-electron chi connectivity index (χ0n) is 11.3. The number of rotatable bonds is 4. The molecule has 0 spiro atoms. The van der Waals surface area contributed by atoms with Gasteiger partial charge in [-0.15, -0.1) is 18.2 Å². The Balaban J connectivity index is 1.95. The van der Waals surface area contributed by atoms with E-state index in [-0.39, 0.29) is 5.50 Å². The number of terminal acetylenes is 1. The molecule has 1 unspecified atom stereocenters. The van der Waals surface area contributed by atoms with Gasteiger partial charge in [0.05, 0.1) is 5.75 Å². The number of pyridine rings is 1. The van der Waals surface area contributed by atoms with Crippen LogP contribution in [0.3, 0.4) is 0 Å². The first-order valence-electron chi connectivity index (χ1n) is 6.53. The van der Waals surface area contributed by atoms with Crippen LogP contribution in [0.25, 0.3) is 0 Å². The lowest BCUT2D eigenvalue weighted by atomic mass is 10.2. The van der Waals surface area contributed by atoms with Crippen LogP contribution in [0, 0.1) is 12.3 Å². The number of hydrogen-bond acceptors (Lipinski definition) is 5. The van der Waals surface area contributed by atoms with Crippen LogP contribution in [0.4, 0.5) is 5.69 Å². The predicted molar refractivity (Wildman–Crippen MR) is 87.9 cm³/mol. The van der Waals surface area contributed by atoms with Gasteiger partial charge in [-0.05, 0) is 24.3 Å². The fraction of sp³-hybridized carbons (Fsp3) is 0.125. The summed E-state index contributed by atoms with van der Waals surface area (Å²) in [4.78, 5) is 6.21. The molecule has 1 N–H and O–H groups in total. The Hall–Kier alpha value is -2.45. The largest absolute Gasteiger partial charge is 0.293 e. The van der Waals surface area contributed by atoms with Crippen molar-refractivity contribution in [2.24, 2.45) is 5.10 Å². The van der Waals surface area contributed by atoms with E-state index in [2.05, 4.69) is 38.5 Å². The van der Waals surface area contributed by atoms with Crippen molar-refractivity contribution in [3.05, 3.63) is 60.4 Å². The summed E-state index contributed by atoms with van der Waals surface area (Å²) in [6.07, 6.45) is 8.91. The molecule has 0 radical (unpaired) electrons. The SMILES string of the molecule is C#CCSC1NN=C(c2ccncc2)N1c1ccccc1. The molecule has 104 valence electrons. The van der Waals surface area contributed by atoms with Gasteiger partial charge in [-0.3, -0.25) is 15.3 Å². The van der Waals surface area contributed by atoms with Crippen LogP contribution < -0.4 is 10.3 Å². The highest BCUT2D eigenvalue weighted by Crippen LogP contribution is 2.27. The Morgan fingerprint density at radius 1 is 1.19 bits per heavy atom. The molecule has 1 aromatic carbocycles. The maximum atomic E-state index is 5.37. The topological polar surface area (TPSA) is 40.5 Å². The number of aromatic nitrogens is 1. The van der Waals surface area contributed by atoms with Crippen molar-refractivity contribution in [1.29, 1.82) is 0 Å². The van der Waals surface area contributed by atoms with Crippen molar-refractivity contribution < 1.29 is 0 Å². The van der Waals surface area contributed by atoms with E-state index in [0.29, 0.717) is 5.75 Å². The van der Waals surface area contributed by atoms with Gasteiger partial charge < -0.3 is 0 Å². The van der Waals surface area contributed by atoms with Crippen molar-refractivity contribution in [2.45, 2.75) is 5.50 Å². The zero-order valence-corrected chi connectivity index (χ0v) is 12.1. The van der Waals surface area contributed by atoms with Crippen molar-refractivity contribution in [2.75, 3.05) is 10.7 Å². The third-order valence-electron chi connectivity index (χ3n) is 3.04. The van der Waals surface area contributed by atoms with Crippen LogP contribution in [0.2, 0.25) is 0 Å². The van der Waals surface area contributed by atoms with E-state index in [1.54, 1.807) is 24.2 Å². The highest BCUT2D eigenvalue weighted by molar-refractivity contribution is 8.00. The van der Waals surface area contributed by atoms with Crippen molar-refractivity contribution in [1.82, 2.24) is 10.4 Å². The van der Waals surface area contributed by atoms with E-state index < -0.39 is 0 Å². The fourth-order valence-corrected chi connectivity index (χ4v) is 2.88. The number of thioether (sulfide) groups is 1. The average Bonchev–Trinajstić information content (AvgIpc) is 2.98. The second-order valence-electron chi connectivity index (χ2n) is 4.37. The molecule has 1 aliphatic rings. The van der Waals surface area contributed by atoms with Gasteiger partial charge in [0.1, 0.15) is 0 Å². The summed E-state index contributed by atoms with van der Waals surface area (Å²) in [5, 5.41) is 4.47. The predicted octanol–water partition coefficient (Wildman–Crippen LogP) is 2.50. The van der Waals surface area contributed by atoms with Gasteiger partial charge >= 0.3 is 0 Å². The minimum Gasteiger partial charge on any atom is -0.293 e. The summed E-state index contributed by atoms with van der Waals surface area (Å²) in [6.45, 7) is 0. The van der Waals surface area contributed by atoms with Crippen LogP contribution in [0.5, 0.6) is 0 Å². The number of amidine groups is 1. The van der Waals surface area contributed by atoms with Gasteiger partial charge in [0.25, 0.3) is 0 Å². The van der Waals surface area contributed by atoms with Crippen LogP contribution in [0.15, 0.2) is 60.0 Å². The smallest absolute Gasteiger partial charge is 0.169 e. The number of nitrogens with one attached hydrogen (secondary N) is 1. The van der Waals surface area contributed by atoms with Crippen molar-refractivity contribution in [3.63, 3.8) is 0 Å². The number of nitrogens with zero attached hydrogens (tertiary/aromatic N) is 3. The molecule has 0 saturated heterocycles. The van der Waals surface area contributed by atoms with E-state index in [1.807, 2.05) is 30.3 Å². The number of anilines is 1. The summed E-state index contributed by atoms with van der Waals surface area (Å²) in [5.74, 6) is 4.15. The van der Waals surface area contributed by atoms with E-state index >= 15 is 0 Å². The Morgan fingerprint density at radius 3 is 2.67 bits per heavy atom. The summed E-state index contributed by atoms with van der Waals surface area (Å²) in [7, 11) is 0. The highest BCUT2D eigenvalue weighted by Gasteiger charge is 2.29. The first-order chi connectivity index (χ1) is 10.4. The molecule has 2 heterocycles. The summed E-state index contributed by atoms with van der Waals surface area (Å²) >= 11 is 1.63. The minimum atomic E-state index is -0.00776. The van der Waals surface area contributed by atoms with Crippen LogP contribution in [-0.4, -0.2) is 22.1 Å². The standard InChI is InChI=1S/C16H14N4S/c1-2-12-21-16-19-18-15(13-8-10-17-11-9-13)20(16)14-6-4-3-5-7-14/h1,3-11,16,19H,12H2. The Kier molecular flexibility index (Phi) is 4.08. The molecular formula is C16H14N4S. The third-order valence-corrected chi connectivity index (χ3v) is 4.01. The van der Waals surface area contributed by atoms with E-state index in [1.165, 1.54) is 0 Å². The van der Waals surface area contributed by atoms with Gasteiger partial charge in [-0.25, -0.2) is 0 Å². The van der Waals surface area contributed by atoms with E-state index in [9.17, 15) is 0 Å². The lowest BCUT2D eigenvalue weighted by Gasteiger charge is -2.26.